The van der Waals surface area contributed by atoms with E-state index in [1.54, 1.807) is 48.8 Å². The molecule has 0 saturated heterocycles. The molecule has 29 heavy (non-hydrogen) atoms. The van der Waals surface area contributed by atoms with Crippen LogP contribution in [-0.2, 0) is 6.42 Å². The first kappa shape index (κ1) is 18.5. The van der Waals surface area contributed by atoms with Crippen LogP contribution in [0.1, 0.15) is 21.6 Å². The fourth-order valence-electron chi connectivity index (χ4n) is 2.95. The Morgan fingerprint density at radius 1 is 0.966 bits per heavy atom. The molecule has 0 radical (unpaired) electrons. The van der Waals surface area contributed by atoms with E-state index in [1.165, 1.54) is 12.1 Å². The highest BCUT2D eigenvalue weighted by atomic mass is 19.1. The third-order valence-corrected chi connectivity index (χ3v) is 4.26. The molecule has 4 aromatic rings. The number of rotatable bonds is 5. The van der Waals surface area contributed by atoms with Gasteiger partial charge in [0.25, 0.3) is 5.91 Å². The molecule has 144 valence electrons. The molecule has 5 nitrogen and oxygen atoms in total. The van der Waals surface area contributed by atoms with Gasteiger partial charge in [-0.25, -0.2) is 18.7 Å². The molecule has 0 saturated carbocycles. The Kier molecular flexibility index (Phi) is 5.11. The second-order valence-corrected chi connectivity index (χ2v) is 6.46. The summed E-state index contributed by atoms with van der Waals surface area (Å²) in [6, 6.07) is 15.7. The van der Waals surface area contributed by atoms with Gasteiger partial charge in [0.15, 0.2) is 0 Å². The lowest BCUT2D eigenvalue weighted by Crippen LogP contribution is -2.12. The smallest absolute Gasteiger partial charge is 0.256 e. The number of carbonyl (C=O) groups is 1. The predicted octanol–water partition coefficient (Wildman–Crippen LogP) is 4.59. The lowest BCUT2D eigenvalue weighted by molar-refractivity contribution is 0.102. The third kappa shape index (κ3) is 4.52. The number of amides is 1. The topological polar surface area (TPSA) is 70.7 Å². The summed E-state index contributed by atoms with van der Waals surface area (Å²) in [6.07, 6.45) is 3.49. The number of nitrogens with one attached hydrogen (secondary N) is 2. The third-order valence-electron chi connectivity index (χ3n) is 4.26. The first-order valence-corrected chi connectivity index (χ1v) is 8.88. The summed E-state index contributed by atoms with van der Waals surface area (Å²) in [5.74, 6) is -0.542. The number of aromatic nitrogens is 3. The summed E-state index contributed by atoms with van der Waals surface area (Å²) >= 11 is 0. The van der Waals surface area contributed by atoms with Crippen molar-refractivity contribution in [1.29, 1.82) is 0 Å². The van der Waals surface area contributed by atoms with E-state index in [0.717, 1.165) is 11.6 Å². The Hall–Kier alpha value is -3.87. The van der Waals surface area contributed by atoms with E-state index in [1.807, 2.05) is 6.07 Å². The second-order valence-electron chi connectivity index (χ2n) is 6.46. The summed E-state index contributed by atoms with van der Waals surface area (Å²) in [6.45, 7) is 0. The Morgan fingerprint density at radius 3 is 2.48 bits per heavy atom. The molecule has 0 aliphatic carbocycles. The van der Waals surface area contributed by atoms with Crippen LogP contribution in [0.4, 0.5) is 14.6 Å². The molecule has 0 unspecified atom stereocenters. The van der Waals surface area contributed by atoms with Gasteiger partial charge in [-0.3, -0.25) is 4.79 Å². The molecule has 0 spiro atoms. The number of nitrogens with zero attached hydrogens (tertiary/aromatic N) is 2. The standard InChI is InChI=1S/C22H16F2N4O/c23-17-8-14(9-18(24)12-17)10-19-13-26-21(27-19)16-6-7-25-20(11-16)28-22(29)15-4-2-1-3-5-15/h1-9,11-13H,10H2,(H,26,27)(H,25,28,29). The number of halogens is 2. The highest BCUT2D eigenvalue weighted by Gasteiger charge is 2.10. The van der Waals surface area contributed by atoms with Crippen LogP contribution in [0.15, 0.2) is 73.1 Å². The van der Waals surface area contributed by atoms with Crippen molar-refractivity contribution >= 4 is 11.7 Å². The lowest BCUT2D eigenvalue weighted by Gasteiger charge is -2.05. The zero-order valence-electron chi connectivity index (χ0n) is 15.2. The maximum absolute atomic E-state index is 13.4. The number of imidazole rings is 1. The van der Waals surface area contributed by atoms with Crippen LogP contribution in [0, 0.1) is 11.6 Å². The van der Waals surface area contributed by atoms with E-state index < -0.39 is 11.6 Å². The molecule has 0 fully saturated rings. The SMILES string of the molecule is O=C(Nc1cc(-c2ncc(Cc3cc(F)cc(F)c3)[nH]2)ccn1)c1ccccc1. The van der Waals surface area contributed by atoms with Gasteiger partial charge >= 0.3 is 0 Å². The normalized spacial score (nSPS) is 10.7. The number of carbonyl (C=O) groups excluding carboxylic acids is 1. The van der Waals surface area contributed by atoms with Crippen LogP contribution in [0.3, 0.4) is 0 Å². The minimum Gasteiger partial charge on any atom is -0.342 e. The Morgan fingerprint density at radius 2 is 1.72 bits per heavy atom. The van der Waals surface area contributed by atoms with E-state index in [2.05, 4.69) is 20.3 Å². The van der Waals surface area contributed by atoms with Crippen LogP contribution >= 0.6 is 0 Å². The zero-order chi connectivity index (χ0) is 20.2. The molecule has 1 amide bonds. The van der Waals surface area contributed by atoms with Gasteiger partial charge in [-0.05, 0) is 42.0 Å². The van der Waals surface area contributed by atoms with Gasteiger partial charge in [-0.15, -0.1) is 0 Å². The first-order chi connectivity index (χ1) is 14.1. The summed E-state index contributed by atoms with van der Waals surface area (Å²) in [5.41, 5.74) is 2.46. The Balaban J connectivity index is 1.51. The van der Waals surface area contributed by atoms with E-state index in [4.69, 9.17) is 0 Å². The minimum absolute atomic E-state index is 0.261. The average Bonchev–Trinajstić information content (AvgIpc) is 3.16. The van der Waals surface area contributed by atoms with Gasteiger partial charge < -0.3 is 10.3 Å². The van der Waals surface area contributed by atoms with Crippen molar-refractivity contribution in [3.8, 4) is 11.4 Å². The monoisotopic (exact) mass is 390 g/mol. The van der Waals surface area contributed by atoms with Crippen molar-refractivity contribution in [3.63, 3.8) is 0 Å². The number of hydrogen-bond donors (Lipinski definition) is 2. The first-order valence-electron chi connectivity index (χ1n) is 8.88. The van der Waals surface area contributed by atoms with Crippen molar-refractivity contribution in [2.45, 2.75) is 6.42 Å². The van der Waals surface area contributed by atoms with Crippen LogP contribution < -0.4 is 5.32 Å². The van der Waals surface area contributed by atoms with Gasteiger partial charge in [-0.1, -0.05) is 18.2 Å². The Bertz CT molecular complexity index is 1140. The molecule has 0 bridgehead atoms. The molecular weight excluding hydrogens is 374 g/mol. The molecule has 2 aromatic carbocycles. The summed E-state index contributed by atoms with van der Waals surface area (Å²) in [4.78, 5) is 23.9. The van der Waals surface area contributed by atoms with Crippen LogP contribution in [0.25, 0.3) is 11.4 Å². The fourth-order valence-corrected chi connectivity index (χ4v) is 2.95. The number of aromatic amines is 1. The second kappa shape index (κ2) is 8.02. The quantitative estimate of drug-likeness (QED) is 0.523. The maximum atomic E-state index is 13.4. The fraction of sp³-hybridized carbons (Fsp3) is 0.0455. The van der Waals surface area contributed by atoms with E-state index >= 15 is 0 Å². The average molecular weight is 390 g/mol. The van der Waals surface area contributed by atoms with Crippen molar-refractivity contribution < 1.29 is 13.6 Å². The largest absolute Gasteiger partial charge is 0.342 e. The molecule has 4 rings (SSSR count). The van der Waals surface area contributed by atoms with Gasteiger partial charge in [0.1, 0.15) is 23.3 Å². The van der Waals surface area contributed by atoms with Gasteiger partial charge in [-0.2, -0.15) is 0 Å². The number of anilines is 1. The number of hydrogen-bond acceptors (Lipinski definition) is 3. The van der Waals surface area contributed by atoms with Crippen molar-refractivity contribution in [3.05, 3.63) is 102 Å². The highest BCUT2D eigenvalue weighted by Crippen LogP contribution is 2.20. The summed E-state index contributed by atoms with van der Waals surface area (Å²) in [5, 5.41) is 2.75. The van der Waals surface area contributed by atoms with Crippen molar-refractivity contribution in [2.75, 3.05) is 5.32 Å². The molecular formula is C22H16F2N4O. The van der Waals surface area contributed by atoms with Crippen LogP contribution in [0.2, 0.25) is 0 Å². The maximum Gasteiger partial charge on any atom is 0.256 e. The van der Waals surface area contributed by atoms with E-state index in [-0.39, 0.29) is 5.91 Å². The van der Waals surface area contributed by atoms with E-state index in [0.29, 0.717) is 34.9 Å². The summed E-state index contributed by atoms with van der Waals surface area (Å²) < 4.78 is 26.7. The molecule has 0 atom stereocenters. The lowest BCUT2D eigenvalue weighted by atomic mass is 10.1. The van der Waals surface area contributed by atoms with Crippen LogP contribution in [0.5, 0.6) is 0 Å². The van der Waals surface area contributed by atoms with Crippen molar-refractivity contribution in [2.24, 2.45) is 0 Å². The predicted molar refractivity (Wildman–Crippen MR) is 105 cm³/mol. The van der Waals surface area contributed by atoms with Crippen LogP contribution in [-0.4, -0.2) is 20.9 Å². The zero-order valence-corrected chi connectivity index (χ0v) is 15.2. The molecule has 7 heteroatoms. The van der Waals surface area contributed by atoms with Gasteiger partial charge in [0.05, 0.1) is 0 Å². The minimum atomic E-state index is -0.618. The number of benzene rings is 2. The molecule has 0 aliphatic rings. The number of pyridine rings is 1. The highest BCUT2D eigenvalue weighted by molar-refractivity contribution is 6.03. The molecule has 2 N–H and O–H groups in total. The summed E-state index contributed by atoms with van der Waals surface area (Å²) in [7, 11) is 0. The Labute approximate surface area is 165 Å². The molecule has 2 aromatic heterocycles. The van der Waals surface area contributed by atoms with E-state index in [9.17, 15) is 13.6 Å². The van der Waals surface area contributed by atoms with Crippen molar-refractivity contribution in [1.82, 2.24) is 15.0 Å². The molecule has 2 heterocycles. The van der Waals surface area contributed by atoms with Gasteiger partial charge in [0.2, 0.25) is 0 Å². The van der Waals surface area contributed by atoms with Gasteiger partial charge in [0, 0.05) is 41.7 Å². The number of H-pyrrole nitrogens is 1. The molecule has 0 aliphatic heterocycles.